The zero-order valence-electron chi connectivity index (χ0n) is 14.7. The Morgan fingerprint density at radius 1 is 1.15 bits per heavy atom. The maximum Gasteiger partial charge on any atom is 0.264 e. The molecule has 0 bridgehead atoms. The van der Waals surface area contributed by atoms with E-state index in [9.17, 15) is 4.79 Å². The largest absolute Gasteiger partial charge is 0.482 e. The molecule has 0 saturated heterocycles. The molecule has 1 heterocycles. The Morgan fingerprint density at radius 3 is 2.81 bits per heavy atom. The van der Waals surface area contributed by atoms with Crippen molar-refractivity contribution in [2.24, 2.45) is 0 Å². The molecule has 0 unspecified atom stereocenters. The number of carbonyl (C=O) groups excluding carboxylic acids is 1. The average Bonchev–Trinajstić information content (AvgIpc) is 3.15. The van der Waals surface area contributed by atoms with Crippen LogP contribution in [0.25, 0.3) is 11.3 Å². The highest BCUT2D eigenvalue weighted by molar-refractivity contribution is 7.14. The lowest BCUT2D eigenvalue weighted by molar-refractivity contribution is -0.118. The maximum absolute atomic E-state index is 12.1. The molecule has 1 amide bonds. The molecule has 138 valence electrons. The molecule has 2 aromatic carbocycles. The number of halogens is 1. The number of fused-ring (bicyclic) bond motifs is 1. The molecule has 1 aliphatic carbocycles. The molecule has 1 N–H and O–H groups in total. The zero-order chi connectivity index (χ0) is 18.6. The fourth-order valence-corrected chi connectivity index (χ4v) is 4.14. The predicted octanol–water partition coefficient (Wildman–Crippen LogP) is 5.36. The first-order valence-electron chi connectivity index (χ1n) is 8.94. The van der Waals surface area contributed by atoms with Crippen LogP contribution in [0.3, 0.4) is 0 Å². The van der Waals surface area contributed by atoms with Crippen molar-refractivity contribution in [1.82, 2.24) is 4.98 Å². The van der Waals surface area contributed by atoms with E-state index < -0.39 is 0 Å². The van der Waals surface area contributed by atoms with Crippen molar-refractivity contribution >= 4 is 34.0 Å². The van der Waals surface area contributed by atoms with E-state index in [-0.39, 0.29) is 12.5 Å². The number of aryl methyl sites for hydroxylation is 2. The van der Waals surface area contributed by atoms with Crippen molar-refractivity contribution in [2.45, 2.75) is 25.7 Å². The van der Waals surface area contributed by atoms with Gasteiger partial charge in [0.25, 0.3) is 5.91 Å². The number of nitrogens with zero attached hydrogens (tertiary/aromatic N) is 1. The first-order valence-corrected chi connectivity index (χ1v) is 10.2. The van der Waals surface area contributed by atoms with Crippen LogP contribution >= 0.6 is 22.9 Å². The number of anilines is 1. The van der Waals surface area contributed by atoms with Gasteiger partial charge in [0, 0.05) is 10.9 Å². The highest BCUT2D eigenvalue weighted by Crippen LogP contribution is 2.29. The lowest BCUT2D eigenvalue weighted by Gasteiger charge is -2.16. The summed E-state index contributed by atoms with van der Waals surface area (Å²) in [5.41, 5.74) is 4.85. The zero-order valence-corrected chi connectivity index (χ0v) is 16.3. The van der Waals surface area contributed by atoms with Crippen LogP contribution in [-0.2, 0) is 17.6 Å². The van der Waals surface area contributed by atoms with Gasteiger partial charge in [-0.15, -0.1) is 11.3 Å². The number of thiazole rings is 1. The number of hydrogen-bond acceptors (Lipinski definition) is 4. The van der Waals surface area contributed by atoms with Crippen LogP contribution < -0.4 is 10.1 Å². The van der Waals surface area contributed by atoms with Gasteiger partial charge in [-0.2, -0.15) is 0 Å². The van der Waals surface area contributed by atoms with Crippen molar-refractivity contribution in [3.8, 4) is 17.0 Å². The highest BCUT2D eigenvalue weighted by atomic mass is 35.5. The highest BCUT2D eigenvalue weighted by Gasteiger charge is 2.13. The molecule has 0 fully saturated rings. The van der Waals surface area contributed by atoms with Crippen molar-refractivity contribution in [2.75, 3.05) is 11.9 Å². The van der Waals surface area contributed by atoms with E-state index in [1.165, 1.54) is 41.7 Å². The third kappa shape index (κ3) is 4.31. The van der Waals surface area contributed by atoms with Gasteiger partial charge in [0.1, 0.15) is 5.75 Å². The summed E-state index contributed by atoms with van der Waals surface area (Å²) in [4.78, 5) is 16.7. The lowest BCUT2D eigenvalue weighted by Crippen LogP contribution is -2.20. The minimum absolute atomic E-state index is 0.114. The van der Waals surface area contributed by atoms with E-state index in [0.29, 0.717) is 15.9 Å². The Kier molecular flexibility index (Phi) is 5.41. The first kappa shape index (κ1) is 18.0. The Bertz CT molecular complexity index is 970. The molecule has 1 aliphatic rings. The van der Waals surface area contributed by atoms with Gasteiger partial charge in [0.2, 0.25) is 0 Å². The van der Waals surface area contributed by atoms with Crippen LogP contribution in [0, 0.1) is 0 Å². The van der Waals surface area contributed by atoms with E-state index in [1.807, 2.05) is 17.5 Å². The summed E-state index contributed by atoms with van der Waals surface area (Å²) in [5.74, 6) is 0.226. The fourth-order valence-electron chi connectivity index (χ4n) is 3.22. The second-order valence-corrected chi connectivity index (χ2v) is 7.76. The minimum atomic E-state index is -0.263. The van der Waals surface area contributed by atoms with Crippen LogP contribution in [-0.4, -0.2) is 17.5 Å². The molecular formula is C21H19ClN2O2S. The predicted molar refractivity (Wildman–Crippen MR) is 110 cm³/mol. The van der Waals surface area contributed by atoms with E-state index in [1.54, 1.807) is 12.1 Å². The minimum Gasteiger partial charge on any atom is -0.482 e. The molecule has 0 saturated carbocycles. The van der Waals surface area contributed by atoms with Crippen molar-refractivity contribution in [3.05, 3.63) is 64.0 Å². The van der Waals surface area contributed by atoms with E-state index in [0.717, 1.165) is 17.7 Å². The average molecular weight is 399 g/mol. The van der Waals surface area contributed by atoms with Gasteiger partial charge in [0.05, 0.1) is 10.7 Å². The molecular weight excluding hydrogens is 380 g/mol. The molecule has 3 aromatic rings. The third-order valence-corrected chi connectivity index (χ3v) is 5.66. The van der Waals surface area contributed by atoms with Gasteiger partial charge >= 0.3 is 0 Å². The topological polar surface area (TPSA) is 51.2 Å². The Morgan fingerprint density at radius 2 is 1.96 bits per heavy atom. The van der Waals surface area contributed by atoms with Gasteiger partial charge < -0.3 is 4.74 Å². The van der Waals surface area contributed by atoms with Crippen molar-refractivity contribution in [1.29, 1.82) is 0 Å². The molecule has 1 aromatic heterocycles. The van der Waals surface area contributed by atoms with Gasteiger partial charge in [0.15, 0.2) is 11.7 Å². The number of hydrogen-bond donors (Lipinski definition) is 1. The van der Waals surface area contributed by atoms with Gasteiger partial charge in [-0.25, -0.2) is 4.98 Å². The fraction of sp³-hybridized carbons (Fsp3) is 0.238. The van der Waals surface area contributed by atoms with E-state index in [4.69, 9.17) is 16.3 Å². The monoisotopic (exact) mass is 398 g/mol. The normalized spacial score (nSPS) is 13.1. The Labute approximate surface area is 167 Å². The molecule has 0 radical (unpaired) electrons. The molecule has 0 atom stereocenters. The summed E-state index contributed by atoms with van der Waals surface area (Å²) in [5, 5.41) is 5.80. The summed E-state index contributed by atoms with van der Waals surface area (Å²) < 4.78 is 5.46. The molecule has 4 rings (SSSR count). The summed E-state index contributed by atoms with van der Waals surface area (Å²) >= 11 is 7.43. The molecule has 27 heavy (non-hydrogen) atoms. The second-order valence-electron chi connectivity index (χ2n) is 6.50. The number of amides is 1. The first-order chi connectivity index (χ1) is 13.2. The van der Waals surface area contributed by atoms with Crippen molar-refractivity contribution in [3.63, 3.8) is 0 Å². The summed E-state index contributed by atoms with van der Waals surface area (Å²) in [7, 11) is 0. The van der Waals surface area contributed by atoms with Crippen LogP contribution in [0.4, 0.5) is 5.13 Å². The van der Waals surface area contributed by atoms with Crippen LogP contribution in [0.5, 0.6) is 5.75 Å². The SMILES string of the molecule is O=C(COc1ccccc1Cl)Nc1nc(-c2ccc3c(c2)CCCC3)cs1. The lowest BCUT2D eigenvalue weighted by atomic mass is 9.90. The number of carbonyl (C=O) groups is 1. The van der Waals surface area contributed by atoms with Crippen LogP contribution in [0.15, 0.2) is 47.8 Å². The Balaban J connectivity index is 1.39. The summed E-state index contributed by atoms with van der Waals surface area (Å²) in [6.45, 7) is -0.114. The summed E-state index contributed by atoms with van der Waals surface area (Å²) in [6, 6.07) is 13.6. The molecule has 0 spiro atoms. The quantitative estimate of drug-likeness (QED) is 0.629. The number of benzene rings is 2. The van der Waals surface area contributed by atoms with Crippen LogP contribution in [0.2, 0.25) is 5.02 Å². The maximum atomic E-state index is 12.1. The molecule has 6 heteroatoms. The number of ether oxygens (including phenoxy) is 1. The van der Waals surface area contributed by atoms with Crippen LogP contribution in [0.1, 0.15) is 24.0 Å². The van der Waals surface area contributed by atoms with E-state index in [2.05, 4.69) is 28.5 Å². The second kappa shape index (κ2) is 8.11. The Hall–Kier alpha value is -2.37. The summed E-state index contributed by atoms with van der Waals surface area (Å²) in [6.07, 6.45) is 4.82. The number of aromatic nitrogens is 1. The number of rotatable bonds is 5. The smallest absolute Gasteiger partial charge is 0.264 e. The van der Waals surface area contributed by atoms with Gasteiger partial charge in [-0.1, -0.05) is 35.9 Å². The van der Waals surface area contributed by atoms with Gasteiger partial charge in [-0.05, 0) is 55.0 Å². The number of nitrogens with one attached hydrogen (secondary N) is 1. The molecule has 4 nitrogen and oxygen atoms in total. The number of para-hydroxylation sites is 1. The standard InChI is InChI=1S/C21H19ClN2O2S/c22-17-7-3-4-8-19(17)26-12-20(25)24-21-23-18(13-27-21)16-10-9-14-5-1-2-6-15(14)11-16/h3-4,7-11,13H,1-2,5-6,12H2,(H,23,24,25). The van der Waals surface area contributed by atoms with Gasteiger partial charge in [-0.3, -0.25) is 10.1 Å². The third-order valence-electron chi connectivity index (χ3n) is 4.59. The van der Waals surface area contributed by atoms with E-state index >= 15 is 0 Å². The molecule has 0 aliphatic heterocycles. The van der Waals surface area contributed by atoms with Crippen molar-refractivity contribution < 1.29 is 9.53 Å².